The first kappa shape index (κ1) is 32.4. The molecule has 0 radical (unpaired) electrons. The first-order valence-electron chi connectivity index (χ1n) is 14.6. The van der Waals surface area contributed by atoms with Crippen LogP contribution in [0.3, 0.4) is 0 Å². The zero-order valence-electron chi connectivity index (χ0n) is 24.9. The molecule has 1 N–H and O–H groups in total. The second kappa shape index (κ2) is 13.6. The Balaban J connectivity index is 1.42. The predicted octanol–water partition coefficient (Wildman–Crippen LogP) is 6.16. The van der Waals surface area contributed by atoms with Gasteiger partial charge in [0.2, 0.25) is 5.91 Å². The van der Waals surface area contributed by atoms with Crippen LogP contribution in [0.5, 0.6) is 0 Å². The molecule has 8 nitrogen and oxygen atoms in total. The summed E-state index contributed by atoms with van der Waals surface area (Å²) in [5.74, 6) is -0.310. The third-order valence-corrected chi connectivity index (χ3v) is 8.80. The maximum absolute atomic E-state index is 13.7. The fourth-order valence-electron chi connectivity index (χ4n) is 5.10. The molecule has 0 bridgehead atoms. The van der Waals surface area contributed by atoms with Gasteiger partial charge in [0.25, 0.3) is 10.0 Å². The van der Waals surface area contributed by atoms with Gasteiger partial charge in [-0.3, -0.25) is 9.36 Å². The van der Waals surface area contributed by atoms with Gasteiger partial charge in [-0.15, -0.1) is 5.10 Å². The van der Waals surface area contributed by atoms with Crippen molar-refractivity contribution in [3.63, 3.8) is 0 Å². The molecule has 12 heteroatoms. The lowest BCUT2D eigenvalue weighted by molar-refractivity contribution is -0.137. The second-order valence-corrected chi connectivity index (χ2v) is 12.4. The number of hydrogen-bond donors (Lipinski definition) is 1. The Bertz CT molecular complexity index is 2000. The fourth-order valence-corrected chi connectivity index (χ4v) is 6.32. The number of aromatic nitrogens is 3. The van der Waals surface area contributed by atoms with Crippen LogP contribution in [0.15, 0.2) is 113 Å². The van der Waals surface area contributed by atoms with Gasteiger partial charge in [0.1, 0.15) is 5.82 Å². The van der Waals surface area contributed by atoms with Gasteiger partial charge in [-0.05, 0) is 41.3 Å². The molecule has 46 heavy (non-hydrogen) atoms. The average molecular weight is 649 g/mol. The van der Waals surface area contributed by atoms with E-state index in [1.165, 1.54) is 28.8 Å². The Morgan fingerprint density at radius 1 is 0.848 bits per heavy atom. The summed E-state index contributed by atoms with van der Waals surface area (Å²) in [6, 6.07) is 26.7. The van der Waals surface area contributed by atoms with E-state index in [0.29, 0.717) is 40.9 Å². The molecule has 1 amide bonds. The molecule has 0 aliphatic heterocycles. The molecule has 0 aliphatic carbocycles. The standard InChI is InChI=1S/C34H31F3N4O4S/c1-2-3-17-31-38-41(29-15-9-8-14-28(29)34(35,36)37)33(43)40(31)23-25-18-20-26(21-19-25)27-13-7-10-16-30(27)46(44,45)39-32(42)22-24-11-5-4-6-12-24/h4-16,18-21H,2-3,17,22-23H2,1H3,(H,39,42). The van der Waals surface area contributed by atoms with Crippen molar-refractivity contribution in [1.29, 1.82) is 0 Å². The summed E-state index contributed by atoms with van der Waals surface area (Å²) in [7, 11) is -4.21. The number of alkyl halides is 3. The van der Waals surface area contributed by atoms with E-state index in [9.17, 15) is 31.2 Å². The molecule has 1 aromatic heterocycles. The highest BCUT2D eigenvalue weighted by Gasteiger charge is 2.35. The largest absolute Gasteiger partial charge is 0.418 e. The normalized spacial score (nSPS) is 11.8. The van der Waals surface area contributed by atoms with Crippen LogP contribution in [-0.2, 0) is 40.4 Å². The molecular formula is C34H31F3N4O4S. The minimum absolute atomic E-state index is 0.0435. The number of rotatable bonds is 11. The molecule has 5 aromatic rings. The average Bonchev–Trinajstić information content (AvgIpc) is 3.34. The minimum Gasteiger partial charge on any atom is -0.274 e. The highest BCUT2D eigenvalue weighted by molar-refractivity contribution is 7.90. The number of carbonyl (C=O) groups excluding carboxylic acids is 1. The molecule has 0 atom stereocenters. The van der Waals surface area contributed by atoms with E-state index in [4.69, 9.17) is 0 Å². The maximum atomic E-state index is 13.7. The van der Waals surface area contributed by atoms with E-state index in [2.05, 4.69) is 9.82 Å². The lowest BCUT2D eigenvalue weighted by atomic mass is 10.0. The molecule has 1 heterocycles. The summed E-state index contributed by atoms with van der Waals surface area (Å²) in [5.41, 5.74) is 0.239. The highest BCUT2D eigenvalue weighted by Crippen LogP contribution is 2.33. The predicted molar refractivity (Wildman–Crippen MR) is 168 cm³/mol. The van der Waals surface area contributed by atoms with Crippen LogP contribution >= 0.6 is 0 Å². The number of hydrogen-bond acceptors (Lipinski definition) is 5. The second-order valence-electron chi connectivity index (χ2n) is 10.7. The van der Waals surface area contributed by atoms with Gasteiger partial charge in [-0.25, -0.2) is 17.9 Å². The summed E-state index contributed by atoms with van der Waals surface area (Å²) in [6.45, 7) is 2.01. The Morgan fingerprint density at radius 3 is 2.20 bits per heavy atom. The molecule has 0 saturated carbocycles. The third kappa shape index (κ3) is 7.28. The molecule has 0 unspecified atom stereocenters. The lowest BCUT2D eigenvalue weighted by Gasteiger charge is -2.13. The lowest BCUT2D eigenvalue weighted by Crippen LogP contribution is -2.32. The molecule has 238 valence electrons. The van der Waals surface area contributed by atoms with Crippen molar-refractivity contribution in [3.05, 3.63) is 136 Å². The molecule has 0 fully saturated rings. The van der Waals surface area contributed by atoms with Crippen LogP contribution in [0.2, 0.25) is 0 Å². The first-order chi connectivity index (χ1) is 22.0. The van der Waals surface area contributed by atoms with Gasteiger partial charge in [-0.2, -0.15) is 17.9 Å². The molecule has 0 spiro atoms. The summed E-state index contributed by atoms with van der Waals surface area (Å²) in [6.07, 6.45) is -2.90. The Labute approximate surface area is 264 Å². The van der Waals surface area contributed by atoms with Crippen molar-refractivity contribution in [3.8, 4) is 16.8 Å². The topological polar surface area (TPSA) is 103 Å². The molecular weight excluding hydrogens is 617 g/mol. The van der Waals surface area contributed by atoms with Crippen molar-refractivity contribution in [2.45, 2.75) is 50.2 Å². The Kier molecular flexibility index (Phi) is 9.57. The fraction of sp³-hybridized carbons (Fsp3) is 0.206. The van der Waals surface area contributed by atoms with Gasteiger partial charge in [-0.1, -0.05) is 98.3 Å². The van der Waals surface area contributed by atoms with Crippen LogP contribution < -0.4 is 10.4 Å². The van der Waals surface area contributed by atoms with Crippen LogP contribution in [0.1, 0.15) is 42.3 Å². The van der Waals surface area contributed by atoms with Crippen LogP contribution in [0.25, 0.3) is 16.8 Å². The van der Waals surface area contributed by atoms with Gasteiger partial charge < -0.3 is 0 Å². The number of carbonyl (C=O) groups is 1. The van der Waals surface area contributed by atoms with E-state index in [1.807, 2.05) is 6.92 Å². The van der Waals surface area contributed by atoms with Crippen LogP contribution in [-0.4, -0.2) is 28.7 Å². The number of nitrogens with one attached hydrogen (secondary N) is 1. The smallest absolute Gasteiger partial charge is 0.274 e. The Morgan fingerprint density at radius 2 is 1.50 bits per heavy atom. The molecule has 0 saturated heterocycles. The van der Waals surface area contributed by atoms with Crippen LogP contribution in [0.4, 0.5) is 13.2 Å². The van der Waals surface area contributed by atoms with Crippen molar-refractivity contribution >= 4 is 15.9 Å². The third-order valence-electron chi connectivity index (χ3n) is 7.37. The molecule has 4 aromatic carbocycles. The quantitative estimate of drug-likeness (QED) is 0.185. The monoisotopic (exact) mass is 648 g/mol. The number of sulfonamides is 1. The SMILES string of the molecule is CCCCc1nn(-c2ccccc2C(F)(F)F)c(=O)n1Cc1ccc(-c2ccccc2S(=O)(=O)NC(=O)Cc2ccccc2)cc1. The van der Waals surface area contributed by atoms with E-state index in [-0.39, 0.29) is 23.5 Å². The van der Waals surface area contributed by atoms with Crippen molar-refractivity contribution in [2.75, 3.05) is 0 Å². The van der Waals surface area contributed by atoms with Crippen molar-refractivity contribution in [2.24, 2.45) is 0 Å². The van der Waals surface area contributed by atoms with E-state index in [0.717, 1.165) is 17.2 Å². The van der Waals surface area contributed by atoms with E-state index >= 15 is 0 Å². The zero-order chi connectivity index (χ0) is 32.9. The van der Waals surface area contributed by atoms with Gasteiger partial charge in [0.05, 0.1) is 29.1 Å². The number of aryl methyl sites for hydroxylation is 1. The molecule has 0 aliphatic rings. The number of amides is 1. The minimum atomic E-state index is -4.67. The summed E-state index contributed by atoms with van der Waals surface area (Å²) in [4.78, 5) is 26.0. The van der Waals surface area contributed by atoms with E-state index < -0.39 is 33.4 Å². The maximum Gasteiger partial charge on any atom is 0.418 e. The van der Waals surface area contributed by atoms with Gasteiger partial charge in [0, 0.05) is 12.0 Å². The van der Waals surface area contributed by atoms with Gasteiger partial charge >= 0.3 is 11.9 Å². The molecule has 5 rings (SSSR count). The number of nitrogens with zero attached hydrogens (tertiary/aromatic N) is 3. The first-order valence-corrected chi connectivity index (χ1v) is 16.1. The number of benzene rings is 4. The Hall–Kier alpha value is -4.97. The summed E-state index contributed by atoms with van der Waals surface area (Å²) >= 11 is 0. The zero-order valence-corrected chi connectivity index (χ0v) is 25.7. The number of unbranched alkanes of at least 4 members (excludes halogenated alkanes) is 1. The summed E-state index contributed by atoms with van der Waals surface area (Å²) < 4.78 is 72.0. The van der Waals surface area contributed by atoms with Crippen molar-refractivity contribution < 1.29 is 26.4 Å². The van der Waals surface area contributed by atoms with Crippen LogP contribution in [0, 0.1) is 0 Å². The summed E-state index contributed by atoms with van der Waals surface area (Å²) in [5, 5.41) is 4.31. The highest BCUT2D eigenvalue weighted by atomic mass is 32.2. The van der Waals surface area contributed by atoms with E-state index in [1.54, 1.807) is 72.8 Å². The number of para-hydroxylation sites is 1. The number of halogens is 3. The van der Waals surface area contributed by atoms with Crippen molar-refractivity contribution in [1.82, 2.24) is 19.1 Å². The van der Waals surface area contributed by atoms with Gasteiger partial charge in [0.15, 0.2) is 0 Å².